The van der Waals surface area contributed by atoms with Gasteiger partial charge in [0.05, 0.1) is 49.1 Å². The van der Waals surface area contributed by atoms with E-state index in [1.165, 1.54) is 13.0 Å². The van der Waals surface area contributed by atoms with E-state index in [9.17, 15) is 14.4 Å². The summed E-state index contributed by atoms with van der Waals surface area (Å²) in [5.74, 6) is -0.240. The largest absolute Gasteiger partial charge is 0.459 e. The lowest BCUT2D eigenvalue weighted by Crippen LogP contribution is -2.50. The van der Waals surface area contributed by atoms with E-state index in [0.29, 0.717) is 6.42 Å². The molecule has 2 amide bonds. The zero-order valence-electron chi connectivity index (χ0n) is 25.8. The number of hydrazine groups is 1. The number of carbonyl (C=O) groups excluding carboxylic acids is 3. The first-order valence-electron chi connectivity index (χ1n) is 15.5. The molecule has 0 saturated carbocycles. The molecular weight excluding hydrogens is 538 g/mol. The van der Waals surface area contributed by atoms with Crippen LogP contribution in [0, 0.1) is 5.92 Å². The molecule has 8 atom stereocenters. The number of epoxide rings is 1. The zero-order chi connectivity index (χ0) is 30.3. The molecule has 4 heterocycles. The van der Waals surface area contributed by atoms with Crippen LogP contribution in [-0.4, -0.2) is 84.7 Å². The Morgan fingerprint density at radius 2 is 1.93 bits per heavy atom. The van der Waals surface area contributed by atoms with Crippen LogP contribution in [0.5, 0.6) is 0 Å². The lowest BCUT2D eigenvalue weighted by atomic mass is 9.88. The van der Waals surface area contributed by atoms with Gasteiger partial charge in [-0.2, -0.15) is 0 Å². The molecular formula is C32H49N3O7. The number of carbonyl (C=O) groups is 3. The zero-order valence-corrected chi connectivity index (χ0v) is 25.8. The van der Waals surface area contributed by atoms with Gasteiger partial charge in [0.25, 0.3) is 0 Å². The minimum absolute atomic E-state index is 0.0592. The van der Waals surface area contributed by atoms with Crippen LogP contribution < -0.4 is 10.7 Å². The van der Waals surface area contributed by atoms with Gasteiger partial charge in [0.2, 0.25) is 11.8 Å². The van der Waals surface area contributed by atoms with Crippen molar-refractivity contribution in [1.82, 2.24) is 15.8 Å². The monoisotopic (exact) mass is 587 g/mol. The minimum Gasteiger partial charge on any atom is -0.459 e. The van der Waals surface area contributed by atoms with Crippen molar-refractivity contribution in [3.63, 3.8) is 0 Å². The predicted molar refractivity (Wildman–Crippen MR) is 158 cm³/mol. The van der Waals surface area contributed by atoms with Crippen molar-refractivity contribution >= 4 is 17.8 Å². The summed E-state index contributed by atoms with van der Waals surface area (Å²) >= 11 is 0. The van der Waals surface area contributed by atoms with E-state index in [-0.39, 0.29) is 59.8 Å². The van der Waals surface area contributed by atoms with Gasteiger partial charge in [-0.15, -0.1) is 0 Å². The Morgan fingerprint density at radius 1 is 1.14 bits per heavy atom. The lowest BCUT2D eigenvalue weighted by molar-refractivity contribution is -0.144. The molecule has 0 bridgehead atoms. The highest BCUT2D eigenvalue weighted by Crippen LogP contribution is 2.43. The standard InChI is InChI=1S/C32H49N3O7/c1-21(8-11-26-18-32(20-39-32)19-27(42-26)17-31(38)35-15-7-6-14-33-35)9-12-29-22(2)16-28(24(4)41-29)34-30(37)13-10-23(3)40-25(5)36/h8-11,13,22-24,26-29,33H,6-7,12,14-20H2,1-5H3,(H,34,37)/b11-8+,13-10-,21-9+/t22-,23-,24+,26+,27+,28+,29-,32+/m0/s1. The highest BCUT2D eigenvalue weighted by molar-refractivity contribution is 5.87. The number of hydrogen-bond donors (Lipinski definition) is 2. The smallest absolute Gasteiger partial charge is 0.303 e. The fourth-order valence-electron chi connectivity index (χ4n) is 6.08. The van der Waals surface area contributed by atoms with Crippen LogP contribution in [0.2, 0.25) is 0 Å². The highest BCUT2D eigenvalue weighted by atomic mass is 16.6. The number of nitrogens with zero attached hydrogens (tertiary/aromatic N) is 1. The number of ether oxygens (including phenoxy) is 4. The van der Waals surface area contributed by atoms with Crippen LogP contribution in [0.3, 0.4) is 0 Å². The molecule has 10 nitrogen and oxygen atoms in total. The predicted octanol–water partition coefficient (Wildman–Crippen LogP) is 3.52. The van der Waals surface area contributed by atoms with E-state index in [0.717, 1.165) is 63.8 Å². The Labute approximate surface area is 250 Å². The first-order valence-corrected chi connectivity index (χ1v) is 15.5. The summed E-state index contributed by atoms with van der Waals surface area (Å²) in [5.41, 5.74) is 4.18. The molecule has 0 aliphatic carbocycles. The van der Waals surface area contributed by atoms with Crippen LogP contribution in [-0.2, 0) is 33.3 Å². The van der Waals surface area contributed by atoms with Crippen molar-refractivity contribution in [2.75, 3.05) is 19.7 Å². The summed E-state index contributed by atoms with van der Waals surface area (Å²) in [6.07, 6.45) is 14.3. The normalized spacial score (nSPS) is 34.5. The Bertz CT molecular complexity index is 1050. The van der Waals surface area contributed by atoms with Gasteiger partial charge in [-0.3, -0.25) is 19.4 Å². The van der Waals surface area contributed by atoms with Crippen molar-refractivity contribution in [3.8, 4) is 0 Å². The van der Waals surface area contributed by atoms with E-state index in [1.807, 2.05) is 6.92 Å². The van der Waals surface area contributed by atoms with Gasteiger partial charge >= 0.3 is 5.97 Å². The van der Waals surface area contributed by atoms with Gasteiger partial charge < -0.3 is 24.3 Å². The number of hydrogen-bond acceptors (Lipinski definition) is 8. The van der Waals surface area contributed by atoms with Crippen molar-refractivity contribution < 1.29 is 33.3 Å². The van der Waals surface area contributed by atoms with Crippen molar-refractivity contribution in [2.24, 2.45) is 5.92 Å². The van der Waals surface area contributed by atoms with Crippen LogP contribution in [0.25, 0.3) is 0 Å². The second kappa shape index (κ2) is 14.8. The molecule has 10 heteroatoms. The summed E-state index contributed by atoms with van der Waals surface area (Å²) in [6, 6.07) is -0.0895. The van der Waals surface area contributed by atoms with E-state index in [1.54, 1.807) is 18.0 Å². The van der Waals surface area contributed by atoms with Crippen LogP contribution in [0.4, 0.5) is 0 Å². The third kappa shape index (κ3) is 9.76. The molecule has 42 heavy (non-hydrogen) atoms. The van der Waals surface area contributed by atoms with Crippen molar-refractivity contribution in [3.05, 3.63) is 36.0 Å². The Kier molecular flexibility index (Phi) is 11.4. The van der Waals surface area contributed by atoms with Gasteiger partial charge in [0, 0.05) is 38.9 Å². The molecule has 0 aromatic carbocycles. The number of amides is 2. The number of rotatable bonds is 10. The molecule has 0 radical (unpaired) electrons. The molecule has 2 N–H and O–H groups in total. The maximum absolute atomic E-state index is 12.8. The summed E-state index contributed by atoms with van der Waals surface area (Å²) in [4.78, 5) is 36.2. The number of nitrogens with one attached hydrogen (secondary N) is 2. The fourth-order valence-corrected chi connectivity index (χ4v) is 6.08. The van der Waals surface area contributed by atoms with E-state index in [4.69, 9.17) is 18.9 Å². The van der Waals surface area contributed by atoms with Gasteiger partial charge in [0.1, 0.15) is 6.10 Å². The van der Waals surface area contributed by atoms with Crippen LogP contribution >= 0.6 is 0 Å². The average molecular weight is 588 g/mol. The average Bonchev–Trinajstić information content (AvgIpc) is 3.69. The molecule has 0 unspecified atom stereocenters. The first kappa shape index (κ1) is 32.4. The van der Waals surface area contributed by atoms with Gasteiger partial charge in [-0.1, -0.05) is 30.7 Å². The summed E-state index contributed by atoms with van der Waals surface area (Å²) in [6.45, 7) is 11.6. The Hall–Kier alpha value is -2.53. The molecule has 4 aliphatic heterocycles. The molecule has 4 aliphatic rings. The van der Waals surface area contributed by atoms with E-state index >= 15 is 0 Å². The summed E-state index contributed by atoms with van der Waals surface area (Å²) < 4.78 is 23.5. The summed E-state index contributed by atoms with van der Waals surface area (Å²) in [7, 11) is 0. The third-order valence-corrected chi connectivity index (χ3v) is 8.57. The van der Waals surface area contributed by atoms with Gasteiger partial charge in [-0.05, 0) is 58.4 Å². The van der Waals surface area contributed by atoms with Crippen molar-refractivity contribution in [2.45, 2.75) is 122 Å². The first-order chi connectivity index (χ1) is 20.0. The van der Waals surface area contributed by atoms with E-state index in [2.05, 4.69) is 42.8 Å². The maximum Gasteiger partial charge on any atom is 0.303 e. The number of esters is 1. The van der Waals surface area contributed by atoms with Gasteiger partial charge in [0.15, 0.2) is 0 Å². The van der Waals surface area contributed by atoms with Crippen LogP contribution in [0.1, 0.15) is 79.6 Å². The topological polar surface area (TPSA) is 119 Å². The fraction of sp³-hybridized carbons (Fsp3) is 0.719. The van der Waals surface area contributed by atoms with E-state index < -0.39 is 6.10 Å². The molecule has 0 aromatic heterocycles. The number of allylic oxidation sites excluding steroid dienone is 2. The molecule has 4 saturated heterocycles. The third-order valence-electron chi connectivity index (χ3n) is 8.57. The molecule has 1 spiro atoms. The quantitative estimate of drug-likeness (QED) is 0.173. The Morgan fingerprint density at radius 3 is 2.62 bits per heavy atom. The molecule has 4 fully saturated rings. The maximum atomic E-state index is 12.8. The molecule has 4 rings (SSSR count). The highest BCUT2D eigenvalue weighted by Gasteiger charge is 2.51. The minimum atomic E-state index is -0.457. The van der Waals surface area contributed by atoms with Crippen molar-refractivity contribution in [1.29, 1.82) is 0 Å². The Balaban J connectivity index is 1.23. The molecule has 0 aromatic rings. The van der Waals surface area contributed by atoms with Gasteiger partial charge in [-0.25, -0.2) is 5.43 Å². The molecule has 234 valence electrons. The van der Waals surface area contributed by atoms with Crippen LogP contribution in [0.15, 0.2) is 36.0 Å². The SMILES string of the molecule is CC(=O)O[C@@H](C)/C=C\C(=O)N[C@@H]1C[C@H](C)[C@H](C/C=C(C)/C=C/[C@@H]2C[C@]3(CO3)C[C@@H](CC(=O)N3CCCCN3)O2)O[C@@H]1C. The second-order valence-electron chi connectivity index (χ2n) is 12.5. The second-order valence-corrected chi connectivity index (χ2v) is 12.5. The summed E-state index contributed by atoms with van der Waals surface area (Å²) in [5, 5.41) is 4.77. The lowest BCUT2D eigenvalue weighted by Gasteiger charge is -2.39.